The third-order valence-electron chi connectivity index (χ3n) is 3.59. The Morgan fingerprint density at radius 2 is 1.48 bits per heavy atom. The van der Waals surface area contributed by atoms with Gasteiger partial charge in [-0.05, 0) is 30.7 Å². The number of carbonyl (C=O) groups excluding carboxylic acids is 1. The molecule has 0 unspecified atom stereocenters. The number of guanidine groups is 1. The van der Waals surface area contributed by atoms with E-state index in [-0.39, 0.29) is 29.9 Å². The number of rotatable bonds is 9. The minimum atomic E-state index is -0.0755. The highest BCUT2D eigenvalue weighted by atomic mass is 127. The lowest BCUT2D eigenvalue weighted by atomic mass is 10.2. The van der Waals surface area contributed by atoms with E-state index in [1.54, 1.807) is 19.2 Å². The molecule has 0 fully saturated rings. The van der Waals surface area contributed by atoms with Crippen LogP contribution >= 0.6 is 24.0 Å². The number of para-hydroxylation sites is 1. The Labute approximate surface area is 177 Å². The molecule has 0 bridgehead atoms. The predicted molar refractivity (Wildman–Crippen MR) is 120 cm³/mol. The maximum Gasteiger partial charge on any atom is 0.251 e. The van der Waals surface area contributed by atoms with E-state index in [9.17, 15) is 4.79 Å². The van der Waals surface area contributed by atoms with E-state index in [2.05, 4.69) is 20.9 Å². The average Bonchev–Trinajstić information content (AvgIpc) is 2.70. The topological polar surface area (TPSA) is 74.8 Å². The van der Waals surface area contributed by atoms with E-state index in [0.29, 0.717) is 31.2 Å². The number of hydrogen-bond donors (Lipinski definition) is 3. The molecule has 0 heterocycles. The SMILES string of the molecule is CN=C(NCCCOc1ccccc1)NCCNC(=O)c1ccccc1.I. The maximum atomic E-state index is 11.9. The summed E-state index contributed by atoms with van der Waals surface area (Å²) < 4.78 is 5.64. The van der Waals surface area contributed by atoms with Gasteiger partial charge in [0.2, 0.25) is 0 Å². The number of hydrogen-bond acceptors (Lipinski definition) is 3. The van der Waals surface area contributed by atoms with Gasteiger partial charge in [0.1, 0.15) is 5.75 Å². The molecule has 0 saturated heterocycles. The fraction of sp³-hybridized carbons (Fsp3) is 0.300. The fourth-order valence-electron chi connectivity index (χ4n) is 2.25. The third-order valence-corrected chi connectivity index (χ3v) is 3.59. The second kappa shape index (κ2) is 13.9. The summed E-state index contributed by atoms with van der Waals surface area (Å²) >= 11 is 0. The molecule has 0 saturated carbocycles. The molecular weight excluding hydrogens is 455 g/mol. The molecule has 2 aromatic rings. The summed E-state index contributed by atoms with van der Waals surface area (Å²) in [4.78, 5) is 16.1. The fourth-order valence-corrected chi connectivity index (χ4v) is 2.25. The number of nitrogens with zero attached hydrogens (tertiary/aromatic N) is 1. The number of aliphatic imine (C=N–C) groups is 1. The minimum absolute atomic E-state index is 0. The Morgan fingerprint density at radius 1 is 0.889 bits per heavy atom. The standard InChI is InChI=1S/C20H26N4O2.HI/c1-21-20(23-13-8-16-26-18-11-6-3-7-12-18)24-15-14-22-19(25)17-9-4-2-5-10-17;/h2-7,9-12H,8,13-16H2,1H3,(H,22,25)(H2,21,23,24);1H. The summed E-state index contributed by atoms with van der Waals surface area (Å²) in [5, 5.41) is 9.26. The van der Waals surface area contributed by atoms with Gasteiger partial charge in [-0.2, -0.15) is 0 Å². The first-order chi connectivity index (χ1) is 12.8. The quantitative estimate of drug-likeness (QED) is 0.223. The van der Waals surface area contributed by atoms with Crippen LogP contribution in [0.1, 0.15) is 16.8 Å². The minimum Gasteiger partial charge on any atom is -0.494 e. The molecule has 0 aliphatic carbocycles. The van der Waals surface area contributed by atoms with Crippen molar-refractivity contribution in [3.05, 3.63) is 66.2 Å². The van der Waals surface area contributed by atoms with Gasteiger partial charge in [-0.25, -0.2) is 0 Å². The van der Waals surface area contributed by atoms with Crippen molar-refractivity contribution in [2.75, 3.05) is 33.3 Å². The largest absolute Gasteiger partial charge is 0.494 e. The van der Waals surface area contributed by atoms with Crippen LogP contribution in [0.15, 0.2) is 65.7 Å². The number of carbonyl (C=O) groups is 1. The first-order valence-corrected chi connectivity index (χ1v) is 8.75. The zero-order valence-corrected chi connectivity index (χ0v) is 17.8. The molecule has 0 aromatic heterocycles. The van der Waals surface area contributed by atoms with Crippen molar-refractivity contribution in [1.29, 1.82) is 0 Å². The summed E-state index contributed by atoms with van der Waals surface area (Å²) in [5.74, 6) is 1.51. The second-order valence-electron chi connectivity index (χ2n) is 5.56. The normalized spacial score (nSPS) is 10.5. The van der Waals surface area contributed by atoms with Gasteiger partial charge in [0.05, 0.1) is 6.61 Å². The monoisotopic (exact) mass is 482 g/mol. The highest BCUT2D eigenvalue weighted by Gasteiger charge is 2.03. The molecule has 2 aromatic carbocycles. The van der Waals surface area contributed by atoms with Crippen molar-refractivity contribution >= 4 is 35.8 Å². The number of nitrogens with one attached hydrogen (secondary N) is 3. The smallest absolute Gasteiger partial charge is 0.251 e. The predicted octanol–water partition coefficient (Wildman–Crippen LogP) is 2.67. The molecule has 0 spiro atoms. The van der Waals surface area contributed by atoms with E-state index >= 15 is 0 Å². The average molecular weight is 482 g/mol. The van der Waals surface area contributed by atoms with Gasteiger partial charge in [-0.3, -0.25) is 9.79 Å². The van der Waals surface area contributed by atoms with E-state index in [1.165, 1.54) is 0 Å². The van der Waals surface area contributed by atoms with E-state index in [1.807, 2.05) is 48.5 Å². The Balaban J connectivity index is 0.00000364. The van der Waals surface area contributed by atoms with Crippen LogP contribution in [0, 0.1) is 0 Å². The molecule has 0 aliphatic rings. The molecule has 146 valence electrons. The van der Waals surface area contributed by atoms with Crippen molar-refractivity contribution in [1.82, 2.24) is 16.0 Å². The zero-order valence-electron chi connectivity index (χ0n) is 15.5. The lowest BCUT2D eigenvalue weighted by molar-refractivity contribution is 0.0954. The number of halogens is 1. The second-order valence-corrected chi connectivity index (χ2v) is 5.56. The van der Waals surface area contributed by atoms with Crippen molar-refractivity contribution < 1.29 is 9.53 Å². The van der Waals surface area contributed by atoms with Gasteiger partial charge in [-0.15, -0.1) is 24.0 Å². The summed E-state index contributed by atoms with van der Waals surface area (Å²) in [5.41, 5.74) is 0.661. The molecule has 7 heteroatoms. The molecule has 27 heavy (non-hydrogen) atoms. The number of amides is 1. The molecule has 0 aliphatic heterocycles. The van der Waals surface area contributed by atoms with Crippen LogP contribution in [0.3, 0.4) is 0 Å². The van der Waals surface area contributed by atoms with Crippen molar-refractivity contribution in [3.8, 4) is 5.75 Å². The summed E-state index contributed by atoms with van der Waals surface area (Å²) in [6, 6.07) is 18.9. The van der Waals surface area contributed by atoms with Crippen LogP contribution in [-0.2, 0) is 0 Å². The first kappa shape index (κ1) is 22.8. The highest BCUT2D eigenvalue weighted by Crippen LogP contribution is 2.07. The highest BCUT2D eigenvalue weighted by molar-refractivity contribution is 14.0. The van der Waals surface area contributed by atoms with Crippen molar-refractivity contribution in [2.45, 2.75) is 6.42 Å². The molecule has 6 nitrogen and oxygen atoms in total. The first-order valence-electron chi connectivity index (χ1n) is 8.75. The molecule has 0 atom stereocenters. The maximum absolute atomic E-state index is 11.9. The van der Waals surface area contributed by atoms with Gasteiger partial charge in [0.15, 0.2) is 5.96 Å². The zero-order chi connectivity index (χ0) is 18.5. The summed E-state index contributed by atoms with van der Waals surface area (Å²) in [6.07, 6.45) is 0.861. The Kier molecular flexibility index (Phi) is 11.7. The van der Waals surface area contributed by atoms with Crippen LogP contribution in [0.4, 0.5) is 0 Å². The lowest BCUT2D eigenvalue weighted by Crippen LogP contribution is -2.42. The van der Waals surface area contributed by atoms with Gasteiger partial charge in [-0.1, -0.05) is 36.4 Å². The van der Waals surface area contributed by atoms with Crippen LogP contribution in [-0.4, -0.2) is 45.2 Å². The molecule has 0 radical (unpaired) electrons. The van der Waals surface area contributed by atoms with Crippen molar-refractivity contribution in [2.24, 2.45) is 4.99 Å². The molecule has 3 N–H and O–H groups in total. The van der Waals surface area contributed by atoms with Gasteiger partial charge >= 0.3 is 0 Å². The lowest BCUT2D eigenvalue weighted by Gasteiger charge is -2.12. The number of ether oxygens (including phenoxy) is 1. The van der Waals surface area contributed by atoms with Crippen LogP contribution in [0.2, 0.25) is 0 Å². The Bertz CT molecular complexity index is 681. The van der Waals surface area contributed by atoms with E-state index in [4.69, 9.17) is 4.74 Å². The van der Waals surface area contributed by atoms with Gasteiger partial charge < -0.3 is 20.7 Å². The summed E-state index contributed by atoms with van der Waals surface area (Å²) in [6.45, 7) is 2.51. The summed E-state index contributed by atoms with van der Waals surface area (Å²) in [7, 11) is 1.72. The van der Waals surface area contributed by atoms with Crippen LogP contribution in [0.5, 0.6) is 5.75 Å². The Hall–Kier alpha value is -2.29. The van der Waals surface area contributed by atoms with Gasteiger partial charge in [0.25, 0.3) is 5.91 Å². The van der Waals surface area contributed by atoms with Crippen LogP contribution < -0.4 is 20.7 Å². The van der Waals surface area contributed by atoms with E-state index < -0.39 is 0 Å². The molecule has 1 amide bonds. The van der Waals surface area contributed by atoms with E-state index in [0.717, 1.165) is 18.7 Å². The number of benzene rings is 2. The van der Waals surface area contributed by atoms with Gasteiger partial charge in [0, 0.05) is 32.2 Å². The Morgan fingerprint density at radius 3 is 2.15 bits per heavy atom. The molecular formula is C20H27IN4O2. The molecule has 2 rings (SSSR count). The third kappa shape index (κ3) is 9.28. The van der Waals surface area contributed by atoms with Crippen molar-refractivity contribution in [3.63, 3.8) is 0 Å². The van der Waals surface area contributed by atoms with Crippen LogP contribution in [0.25, 0.3) is 0 Å².